The summed E-state index contributed by atoms with van der Waals surface area (Å²) in [6.07, 6.45) is 1.65. The SMILES string of the molecule is COc1ccc(C(=O)N2C(=S)NC(=O)/C2=C/c2ccc(C)cc2)cc1. The number of hydrogen-bond acceptors (Lipinski definition) is 4. The van der Waals surface area contributed by atoms with Crippen LogP contribution in [-0.2, 0) is 4.79 Å². The molecule has 126 valence electrons. The quantitative estimate of drug-likeness (QED) is 0.682. The monoisotopic (exact) mass is 352 g/mol. The number of carbonyl (C=O) groups is 2. The van der Waals surface area contributed by atoms with Crippen molar-refractivity contribution in [2.24, 2.45) is 0 Å². The Labute approximate surface area is 150 Å². The molecule has 2 aromatic carbocycles. The van der Waals surface area contributed by atoms with Crippen molar-refractivity contribution in [1.29, 1.82) is 0 Å². The second-order valence-corrected chi connectivity index (χ2v) is 5.96. The van der Waals surface area contributed by atoms with E-state index in [1.165, 1.54) is 4.90 Å². The smallest absolute Gasteiger partial charge is 0.274 e. The Kier molecular flexibility index (Phi) is 4.63. The fourth-order valence-electron chi connectivity index (χ4n) is 2.44. The van der Waals surface area contributed by atoms with Gasteiger partial charge in [-0.3, -0.25) is 14.9 Å². The molecule has 25 heavy (non-hydrogen) atoms. The number of thiocarbonyl (C=S) groups is 1. The first-order valence-electron chi connectivity index (χ1n) is 7.62. The molecule has 0 spiro atoms. The Morgan fingerprint density at radius 3 is 2.36 bits per heavy atom. The van der Waals surface area contributed by atoms with Crippen molar-refractivity contribution in [3.8, 4) is 5.75 Å². The summed E-state index contributed by atoms with van der Waals surface area (Å²) in [5.41, 5.74) is 2.54. The standard InChI is InChI=1S/C19H16N2O3S/c1-12-3-5-13(6-4-12)11-16-17(22)20-19(25)21(16)18(23)14-7-9-15(24-2)10-8-14/h3-11H,1-2H3,(H,20,22,25)/b16-11-. The summed E-state index contributed by atoms with van der Waals surface area (Å²) >= 11 is 5.16. The van der Waals surface area contributed by atoms with Gasteiger partial charge in [0, 0.05) is 5.56 Å². The first-order valence-corrected chi connectivity index (χ1v) is 8.02. The lowest BCUT2D eigenvalue weighted by Gasteiger charge is -2.15. The van der Waals surface area contributed by atoms with Crippen molar-refractivity contribution in [3.05, 3.63) is 70.9 Å². The van der Waals surface area contributed by atoms with Crippen LogP contribution in [0.15, 0.2) is 54.2 Å². The number of nitrogens with zero attached hydrogens (tertiary/aromatic N) is 1. The Hall–Kier alpha value is -2.99. The lowest BCUT2D eigenvalue weighted by atomic mass is 10.1. The Balaban J connectivity index is 1.96. The summed E-state index contributed by atoms with van der Waals surface area (Å²) in [6.45, 7) is 1.98. The van der Waals surface area contributed by atoms with Gasteiger partial charge in [-0.05, 0) is 55.0 Å². The van der Waals surface area contributed by atoms with Crippen LogP contribution >= 0.6 is 12.2 Å². The van der Waals surface area contributed by atoms with Crippen molar-refractivity contribution >= 4 is 35.2 Å². The number of nitrogens with one attached hydrogen (secondary N) is 1. The molecule has 2 amide bonds. The van der Waals surface area contributed by atoms with E-state index in [1.807, 2.05) is 31.2 Å². The molecule has 1 aliphatic heterocycles. The van der Waals surface area contributed by atoms with Crippen LogP contribution in [0.2, 0.25) is 0 Å². The molecule has 3 rings (SSSR count). The number of hydrogen-bond donors (Lipinski definition) is 1. The molecular weight excluding hydrogens is 336 g/mol. The first kappa shape index (κ1) is 16.9. The highest BCUT2D eigenvalue weighted by Gasteiger charge is 2.35. The largest absolute Gasteiger partial charge is 0.497 e. The predicted molar refractivity (Wildman–Crippen MR) is 99.1 cm³/mol. The molecule has 2 aromatic rings. The predicted octanol–water partition coefficient (Wildman–Crippen LogP) is 2.90. The van der Waals surface area contributed by atoms with E-state index in [-0.39, 0.29) is 16.7 Å². The minimum atomic E-state index is -0.396. The maximum Gasteiger partial charge on any atom is 0.274 e. The van der Waals surface area contributed by atoms with Crippen molar-refractivity contribution < 1.29 is 14.3 Å². The second kappa shape index (κ2) is 6.86. The molecule has 1 N–H and O–H groups in total. The topological polar surface area (TPSA) is 58.6 Å². The van der Waals surface area contributed by atoms with Crippen LogP contribution in [0.5, 0.6) is 5.75 Å². The van der Waals surface area contributed by atoms with Crippen LogP contribution in [0.25, 0.3) is 6.08 Å². The van der Waals surface area contributed by atoms with E-state index in [4.69, 9.17) is 17.0 Å². The van der Waals surface area contributed by atoms with E-state index in [2.05, 4.69) is 5.32 Å². The number of carbonyl (C=O) groups excluding carboxylic acids is 2. The molecule has 1 aliphatic rings. The molecule has 0 atom stereocenters. The van der Waals surface area contributed by atoms with E-state index in [0.29, 0.717) is 11.3 Å². The van der Waals surface area contributed by atoms with Gasteiger partial charge in [0.1, 0.15) is 11.4 Å². The van der Waals surface area contributed by atoms with Gasteiger partial charge in [0.25, 0.3) is 11.8 Å². The highest BCUT2D eigenvalue weighted by atomic mass is 32.1. The Morgan fingerprint density at radius 1 is 1.12 bits per heavy atom. The van der Waals surface area contributed by atoms with Gasteiger partial charge in [-0.1, -0.05) is 29.8 Å². The summed E-state index contributed by atoms with van der Waals surface area (Å²) in [5.74, 6) is -0.123. The van der Waals surface area contributed by atoms with Gasteiger partial charge in [0.2, 0.25) is 0 Å². The third-order valence-electron chi connectivity index (χ3n) is 3.82. The van der Waals surface area contributed by atoms with Crippen molar-refractivity contribution in [3.63, 3.8) is 0 Å². The summed E-state index contributed by atoms with van der Waals surface area (Å²) < 4.78 is 5.09. The number of rotatable bonds is 3. The average Bonchev–Trinajstić information content (AvgIpc) is 2.90. The van der Waals surface area contributed by atoms with E-state index in [0.717, 1.165) is 11.1 Å². The van der Waals surface area contributed by atoms with Crippen LogP contribution in [-0.4, -0.2) is 28.9 Å². The van der Waals surface area contributed by atoms with E-state index in [9.17, 15) is 9.59 Å². The molecule has 1 heterocycles. The maximum absolute atomic E-state index is 12.8. The van der Waals surface area contributed by atoms with Crippen molar-refractivity contribution in [2.75, 3.05) is 7.11 Å². The molecule has 6 heteroatoms. The fourth-order valence-corrected chi connectivity index (χ4v) is 2.72. The Bertz CT molecular complexity index is 871. The van der Waals surface area contributed by atoms with Gasteiger partial charge in [-0.25, -0.2) is 4.90 Å². The third kappa shape index (κ3) is 3.44. The van der Waals surface area contributed by atoms with Crippen LogP contribution in [0.4, 0.5) is 0 Å². The van der Waals surface area contributed by atoms with Gasteiger partial charge in [0.15, 0.2) is 5.11 Å². The lowest BCUT2D eigenvalue weighted by Crippen LogP contribution is -2.33. The number of ether oxygens (including phenoxy) is 1. The first-order chi connectivity index (χ1) is 12.0. The van der Waals surface area contributed by atoms with Gasteiger partial charge in [-0.15, -0.1) is 0 Å². The van der Waals surface area contributed by atoms with Gasteiger partial charge >= 0.3 is 0 Å². The molecule has 0 saturated carbocycles. The summed E-state index contributed by atoms with van der Waals surface area (Å²) in [4.78, 5) is 26.3. The zero-order valence-electron chi connectivity index (χ0n) is 13.8. The highest BCUT2D eigenvalue weighted by molar-refractivity contribution is 7.80. The number of amides is 2. The molecular formula is C19H16N2O3S. The Morgan fingerprint density at radius 2 is 1.76 bits per heavy atom. The molecule has 0 aromatic heterocycles. The molecule has 1 fully saturated rings. The van der Waals surface area contributed by atoms with E-state index < -0.39 is 5.91 Å². The number of methoxy groups -OCH3 is 1. The minimum Gasteiger partial charge on any atom is -0.497 e. The molecule has 0 bridgehead atoms. The van der Waals surface area contributed by atoms with Crippen molar-refractivity contribution in [2.45, 2.75) is 6.92 Å². The van der Waals surface area contributed by atoms with Crippen LogP contribution < -0.4 is 10.1 Å². The van der Waals surface area contributed by atoms with E-state index in [1.54, 1.807) is 37.5 Å². The number of benzene rings is 2. The summed E-state index contributed by atoms with van der Waals surface area (Å²) in [5, 5.41) is 2.60. The van der Waals surface area contributed by atoms with Crippen molar-refractivity contribution in [1.82, 2.24) is 10.2 Å². The van der Waals surface area contributed by atoms with Crippen LogP contribution in [0, 0.1) is 6.92 Å². The van der Waals surface area contributed by atoms with Gasteiger partial charge < -0.3 is 4.74 Å². The van der Waals surface area contributed by atoms with Crippen LogP contribution in [0.1, 0.15) is 21.5 Å². The van der Waals surface area contributed by atoms with Crippen LogP contribution in [0.3, 0.4) is 0 Å². The average molecular weight is 352 g/mol. The summed E-state index contributed by atoms with van der Waals surface area (Å²) in [6, 6.07) is 14.3. The second-order valence-electron chi connectivity index (χ2n) is 5.57. The minimum absolute atomic E-state index is 0.0733. The molecule has 5 nitrogen and oxygen atoms in total. The fraction of sp³-hybridized carbons (Fsp3) is 0.105. The molecule has 1 saturated heterocycles. The molecule has 0 radical (unpaired) electrons. The zero-order chi connectivity index (χ0) is 18.0. The summed E-state index contributed by atoms with van der Waals surface area (Å²) in [7, 11) is 1.55. The number of aryl methyl sites for hydroxylation is 1. The molecule has 0 unspecified atom stereocenters. The zero-order valence-corrected chi connectivity index (χ0v) is 14.6. The third-order valence-corrected chi connectivity index (χ3v) is 4.10. The molecule has 0 aliphatic carbocycles. The maximum atomic E-state index is 12.8. The van der Waals surface area contributed by atoms with E-state index >= 15 is 0 Å². The normalized spacial score (nSPS) is 15.4. The highest BCUT2D eigenvalue weighted by Crippen LogP contribution is 2.21. The van der Waals surface area contributed by atoms with Gasteiger partial charge in [-0.2, -0.15) is 0 Å². The van der Waals surface area contributed by atoms with Gasteiger partial charge in [0.05, 0.1) is 7.11 Å². The lowest BCUT2D eigenvalue weighted by molar-refractivity contribution is -0.115.